The Hall–Kier alpha value is -2.07. The van der Waals surface area contributed by atoms with Crippen molar-refractivity contribution in [2.45, 2.75) is 58.3 Å². The van der Waals surface area contributed by atoms with E-state index in [1.165, 1.54) is 17.8 Å². The highest BCUT2D eigenvalue weighted by Gasteiger charge is 2.26. The summed E-state index contributed by atoms with van der Waals surface area (Å²) >= 11 is 16.9. The predicted molar refractivity (Wildman–Crippen MR) is 155 cm³/mol. The highest BCUT2D eigenvalue weighted by Crippen LogP contribution is 2.29. The molecular formula is C26H30BrCl2N5O2S. The lowest BCUT2D eigenvalue weighted by molar-refractivity contribution is -0.113. The van der Waals surface area contributed by atoms with Gasteiger partial charge < -0.3 is 15.2 Å². The normalized spacial score (nSPS) is 12.2. The number of halogens is 3. The van der Waals surface area contributed by atoms with Crippen LogP contribution in [-0.2, 0) is 11.3 Å². The van der Waals surface area contributed by atoms with Crippen molar-refractivity contribution >= 4 is 68.4 Å². The van der Waals surface area contributed by atoms with Crippen LogP contribution in [0.3, 0.4) is 0 Å². The number of benzene rings is 2. The Bertz CT molecular complexity index is 1280. The number of nitrogens with zero attached hydrogens (tertiary/aromatic N) is 3. The fourth-order valence-electron chi connectivity index (χ4n) is 3.77. The third-order valence-corrected chi connectivity index (χ3v) is 7.92. The largest absolute Gasteiger partial charge is 0.342 e. The first-order chi connectivity index (χ1) is 17.5. The number of hydrogen-bond donors (Lipinski definition) is 2. The molecule has 7 nitrogen and oxygen atoms in total. The Morgan fingerprint density at radius 1 is 1.05 bits per heavy atom. The van der Waals surface area contributed by atoms with Gasteiger partial charge in [0.05, 0.1) is 21.8 Å². The SMILES string of the molecule is CCn1c(SCC(=O)Nc2ccc(Br)cc2C(C)C)nnc1[C@@H](NC(=O)c1ccc(Cl)c(Cl)c1)C(C)C. The Morgan fingerprint density at radius 3 is 2.41 bits per heavy atom. The first-order valence-corrected chi connectivity index (χ1v) is 14.5. The van der Waals surface area contributed by atoms with Crippen molar-refractivity contribution in [3.8, 4) is 0 Å². The lowest BCUT2D eigenvalue weighted by Gasteiger charge is -2.22. The molecule has 0 radical (unpaired) electrons. The van der Waals surface area contributed by atoms with Gasteiger partial charge in [0.15, 0.2) is 11.0 Å². The monoisotopic (exact) mass is 625 g/mol. The number of carbonyl (C=O) groups is 2. The molecule has 0 saturated heterocycles. The van der Waals surface area contributed by atoms with Crippen LogP contribution in [0.5, 0.6) is 0 Å². The van der Waals surface area contributed by atoms with E-state index in [-0.39, 0.29) is 29.4 Å². The molecule has 11 heteroatoms. The van der Waals surface area contributed by atoms with E-state index >= 15 is 0 Å². The molecular weight excluding hydrogens is 597 g/mol. The molecule has 198 valence electrons. The summed E-state index contributed by atoms with van der Waals surface area (Å²) in [7, 11) is 0. The van der Waals surface area contributed by atoms with Crippen molar-refractivity contribution in [3.05, 3.63) is 67.9 Å². The highest BCUT2D eigenvalue weighted by atomic mass is 79.9. The summed E-state index contributed by atoms with van der Waals surface area (Å²) in [5.74, 6) is 0.686. The van der Waals surface area contributed by atoms with Gasteiger partial charge in [-0.2, -0.15) is 0 Å². The molecule has 2 aromatic carbocycles. The van der Waals surface area contributed by atoms with Gasteiger partial charge in [0.2, 0.25) is 5.91 Å². The van der Waals surface area contributed by atoms with Gasteiger partial charge in [-0.15, -0.1) is 10.2 Å². The number of anilines is 1. The van der Waals surface area contributed by atoms with Crippen molar-refractivity contribution in [1.29, 1.82) is 0 Å². The Morgan fingerprint density at radius 2 is 1.78 bits per heavy atom. The third-order valence-electron chi connectivity index (χ3n) is 5.72. The number of aromatic nitrogens is 3. The van der Waals surface area contributed by atoms with Gasteiger partial charge >= 0.3 is 0 Å². The molecule has 0 spiro atoms. The van der Waals surface area contributed by atoms with Crippen LogP contribution in [-0.4, -0.2) is 32.3 Å². The maximum absolute atomic E-state index is 13.0. The minimum Gasteiger partial charge on any atom is -0.342 e. The maximum atomic E-state index is 13.0. The molecule has 0 aliphatic rings. The number of rotatable bonds is 10. The molecule has 0 fully saturated rings. The van der Waals surface area contributed by atoms with Crippen molar-refractivity contribution in [2.24, 2.45) is 5.92 Å². The summed E-state index contributed by atoms with van der Waals surface area (Å²) in [6.07, 6.45) is 0. The molecule has 1 heterocycles. The van der Waals surface area contributed by atoms with Gasteiger partial charge in [0.25, 0.3) is 5.91 Å². The molecule has 2 N–H and O–H groups in total. The molecule has 0 bridgehead atoms. The smallest absolute Gasteiger partial charge is 0.251 e. The van der Waals surface area contributed by atoms with Crippen LogP contribution in [0.2, 0.25) is 10.0 Å². The first-order valence-electron chi connectivity index (χ1n) is 11.9. The molecule has 1 atom stereocenters. The van der Waals surface area contributed by atoms with Gasteiger partial charge in [-0.1, -0.05) is 78.6 Å². The van der Waals surface area contributed by atoms with Crippen molar-refractivity contribution in [3.63, 3.8) is 0 Å². The van der Waals surface area contributed by atoms with E-state index < -0.39 is 6.04 Å². The van der Waals surface area contributed by atoms with Gasteiger partial charge in [0.1, 0.15) is 0 Å². The molecule has 0 aliphatic heterocycles. The van der Waals surface area contributed by atoms with Crippen LogP contribution in [0.1, 0.15) is 68.3 Å². The van der Waals surface area contributed by atoms with Gasteiger partial charge in [-0.05, 0) is 60.7 Å². The van der Waals surface area contributed by atoms with Gasteiger partial charge in [0, 0.05) is 22.3 Å². The lowest BCUT2D eigenvalue weighted by Crippen LogP contribution is -2.33. The number of carbonyl (C=O) groups excluding carboxylic acids is 2. The second-order valence-corrected chi connectivity index (χ2v) is 11.8. The molecule has 0 aliphatic carbocycles. The third kappa shape index (κ3) is 7.50. The lowest BCUT2D eigenvalue weighted by atomic mass is 10.0. The minimum absolute atomic E-state index is 0.0363. The van der Waals surface area contributed by atoms with Gasteiger partial charge in [-0.3, -0.25) is 9.59 Å². The minimum atomic E-state index is -0.394. The van der Waals surface area contributed by atoms with Crippen LogP contribution < -0.4 is 10.6 Å². The Labute approximate surface area is 240 Å². The molecule has 1 aromatic heterocycles. The van der Waals surface area contributed by atoms with E-state index in [1.807, 2.05) is 43.5 Å². The zero-order valence-corrected chi connectivity index (χ0v) is 25.2. The van der Waals surface area contributed by atoms with Gasteiger partial charge in [-0.25, -0.2) is 0 Å². The van der Waals surface area contributed by atoms with E-state index in [4.69, 9.17) is 23.2 Å². The topological polar surface area (TPSA) is 88.9 Å². The van der Waals surface area contributed by atoms with Crippen LogP contribution in [0.4, 0.5) is 5.69 Å². The first kappa shape index (κ1) is 29.5. The van der Waals surface area contributed by atoms with Crippen LogP contribution in [0.25, 0.3) is 0 Å². The summed E-state index contributed by atoms with van der Waals surface area (Å²) in [5, 5.41) is 16.1. The average molecular weight is 627 g/mol. The summed E-state index contributed by atoms with van der Waals surface area (Å²) in [6, 6.07) is 10.2. The molecule has 2 amide bonds. The van der Waals surface area contributed by atoms with Crippen LogP contribution >= 0.6 is 50.9 Å². The summed E-state index contributed by atoms with van der Waals surface area (Å²) in [4.78, 5) is 25.7. The molecule has 3 rings (SSSR count). The quantitative estimate of drug-likeness (QED) is 0.230. The fourth-order valence-corrected chi connectivity index (χ4v) is 5.25. The number of amides is 2. The molecule has 0 saturated carbocycles. The fraction of sp³-hybridized carbons (Fsp3) is 0.385. The summed E-state index contributed by atoms with van der Waals surface area (Å²) < 4.78 is 2.90. The van der Waals surface area contributed by atoms with E-state index in [9.17, 15) is 9.59 Å². The number of nitrogens with one attached hydrogen (secondary N) is 2. The van der Waals surface area contributed by atoms with Crippen LogP contribution in [0.15, 0.2) is 46.0 Å². The predicted octanol–water partition coefficient (Wildman–Crippen LogP) is 7.35. The zero-order valence-electron chi connectivity index (χ0n) is 21.3. The maximum Gasteiger partial charge on any atom is 0.251 e. The van der Waals surface area contributed by atoms with E-state index in [2.05, 4.69) is 50.6 Å². The van der Waals surface area contributed by atoms with Crippen molar-refractivity contribution in [1.82, 2.24) is 20.1 Å². The second kappa shape index (κ2) is 13.1. The molecule has 37 heavy (non-hydrogen) atoms. The van der Waals surface area contributed by atoms with Crippen LogP contribution in [0, 0.1) is 5.92 Å². The summed E-state index contributed by atoms with van der Waals surface area (Å²) in [6.45, 7) is 10.7. The van der Waals surface area contributed by atoms with Crippen molar-refractivity contribution in [2.75, 3.05) is 11.1 Å². The number of thioether (sulfide) groups is 1. The Kier molecular flexibility index (Phi) is 10.5. The number of hydrogen-bond acceptors (Lipinski definition) is 5. The zero-order chi connectivity index (χ0) is 27.3. The second-order valence-electron chi connectivity index (χ2n) is 9.13. The highest BCUT2D eigenvalue weighted by molar-refractivity contribution is 9.10. The molecule has 0 unspecified atom stereocenters. The standard InChI is InChI=1S/C26H30BrCl2N5O2S/c1-6-34-24(23(15(4)5)31-25(36)16-7-9-19(28)20(29)11-16)32-33-26(34)37-13-22(35)30-21-10-8-17(27)12-18(21)14(2)3/h7-12,14-15,23H,6,13H2,1-5H3,(H,30,35)(H,31,36)/t23-/m0/s1. The van der Waals surface area contributed by atoms with E-state index in [0.717, 1.165) is 15.7 Å². The average Bonchev–Trinajstić information content (AvgIpc) is 3.25. The van der Waals surface area contributed by atoms with E-state index in [1.54, 1.807) is 12.1 Å². The summed E-state index contributed by atoms with van der Waals surface area (Å²) in [5.41, 5.74) is 2.26. The van der Waals surface area contributed by atoms with E-state index in [0.29, 0.717) is 33.1 Å². The Balaban J connectivity index is 1.73. The molecule has 3 aromatic rings. The van der Waals surface area contributed by atoms with Crippen molar-refractivity contribution < 1.29 is 9.59 Å².